The minimum Gasteiger partial charge on any atom is -0.481 e. The van der Waals surface area contributed by atoms with Crippen LogP contribution in [-0.4, -0.2) is 43.2 Å². The third kappa shape index (κ3) is 9.95. The van der Waals surface area contributed by atoms with Crippen LogP contribution in [0, 0.1) is 0 Å². The predicted molar refractivity (Wildman–Crippen MR) is 166 cm³/mol. The number of methoxy groups -OCH3 is 3. The highest BCUT2D eigenvalue weighted by atomic mass is 79.9. The molecule has 2 aromatic heterocycles. The molecule has 0 saturated carbocycles. The lowest BCUT2D eigenvalue weighted by Gasteiger charge is -2.09. The summed E-state index contributed by atoms with van der Waals surface area (Å²) >= 11 is 12.7. The minimum atomic E-state index is -0.389. The molecule has 2 heterocycles. The second kappa shape index (κ2) is 16.2. The van der Waals surface area contributed by atoms with E-state index in [9.17, 15) is 9.59 Å². The third-order valence-corrected chi connectivity index (χ3v) is 7.30. The first kappa shape index (κ1) is 32.2. The van der Waals surface area contributed by atoms with Crippen LogP contribution in [0.3, 0.4) is 0 Å². The molecule has 4 aromatic rings. The molecule has 0 saturated heterocycles. The number of carbonyl (C=O) groups is 2. The van der Waals surface area contributed by atoms with Crippen molar-refractivity contribution in [3.05, 3.63) is 121 Å². The van der Waals surface area contributed by atoms with Crippen molar-refractivity contribution in [2.24, 2.45) is 0 Å². The monoisotopic (exact) mass is 702 g/mol. The van der Waals surface area contributed by atoms with Crippen LogP contribution in [0.15, 0.2) is 81.7 Å². The largest absolute Gasteiger partial charge is 0.481 e. The van der Waals surface area contributed by atoms with Gasteiger partial charge in [0.25, 0.3) is 0 Å². The van der Waals surface area contributed by atoms with Gasteiger partial charge in [-0.05, 0) is 79.3 Å². The molecule has 2 aromatic carbocycles. The number of carbonyl (C=O) groups excluding carboxylic acids is 2. The molecule has 0 amide bonds. The summed E-state index contributed by atoms with van der Waals surface area (Å²) < 4.78 is 16.8. The van der Waals surface area contributed by atoms with E-state index in [4.69, 9.17) is 25.8 Å². The molecule has 7 nitrogen and oxygen atoms in total. The zero-order chi connectivity index (χ0) is 29.8. The minimum absolute atomic E-state index is 0.378. The fraction of sp³-hybridized carbons (Fsp3) is 0.226. The number of halogens is 3. The second-order valence-corrected chi connectivity index (χ2v) is 10.9. The normalized spacial score (nSPS) is 10.3. The number of ether oxygens (including phenoxy) is 3. The standard InChI is InChI=1S/C16H16BrNO3.C15H13BrClNO2/c1-20-15-10-8-13(16(19)21-2)14(18-15)9-5-11-3-6-12(17)7-4-11;1-20-15(19)12-7-9-14(17)18-13(12)8-4-10-2-5-11(16)6-3-10/h3-4,6-8,10H,5,9H2,1-2H3;2-3,5-7,9H,4,8H2,1H3. The summed E-state index contributed by atoms with van der Waals surface area (Å²) in [5, 5.41) is 0.378. The maximum atomic E-state index is 11.8. The molecule has 4 rings (SSSR count). The molecule has 214 valence electrons. The van der Waals surface area contributed by atoms with Gasteiger partial charge in [-0.15, -0.1) is 0 Å². The lowest BCUT2D eigenvalue weighted by Crippen LogP contribution is -2.09. The van der Waals surface area contributed by atoms with Crippen molar-refractivity contribution in [3.8, 4) is 5.88 Å². The van der Waals surface area contributed by atoms with E-state index >= 15 is 0 Å². The Bertz CT molecular complexity index is 1460. The number of rotatable bonds is 9. The van der Waals surface area contributed by atoms with Crippen molar-refractivity contribution in [1.82, 2.24) is 9.97 Å². The van der Waals surface area contributed by atoms with Gasteiger partial charge in [-0.1, -0.05) is 67.7 Å². The summed E-state index contributed by atoms with van der Waals surface area (Å²) in [4.78, 5) is 32.1. The Kier molecular flexibility index (Phi) is 12.8. The van der Waals surface area contributed by atoms with Crippen LogP contribution in [0.25, 0.3) is 0 Å². The molecule has 0 radical (unpaired) electrons. The Morgan fingerprint density at radius 2 is 1.07 bits per heavy atom. The first-order valence-electron chi connectivity index (χ1n) is 12.6. The third-order valence-electron chi connectivity index (χ3n) is 6.04. The fourth-order valence-electron chi connectivity index (χ4n) is 3.87. The highest BCUT2D eigenvalue weighted by Crippen LogP contribution is 2.19. The van der Waals surface area contributed by atoms with Crippen molar-refractivity contribution in [2.75, 3.05) is 21.3 Å². The number of hydrogen-bond donors (Lipinski definition) is 0. The lowest BCUT2D eigenvalue weighted by molar-refractivity contribution is 0.0589. The molecule has 0 atom stereocenters. The van der Waals surface area contributed by atoms with Crippen LogP contribution in [0.4, 0.5) is 0 Å². The van der Waals surface area contributed by atoms with Gasteiger partial charge in [0.2, 0.25) is 5.88 Å². The second-order valence-electron chi connectivity index (χ2n) is 8.71. The maximum Gasteiger partial charge on any atom is 0.339 e. The van der Waals surface area contributed by atoms with E-state index in [1.807, 2.05) is 48.5 Å². The van der Waals surface area contributed by atoms with E-state index in [0.717, 1.165) is 21.8 Å². The van der Waals surface area contributed by atoms with Crippen LogP contribution in [0.2, 0.25) is 5.15 Å². The van der Waals surface area contributed by atoms with E-state index in [-0.39, 0.29) is 11.9 Å². The number of nitrogens with zero attached hydrogens (tertiary/aromatic N) is 2. The molecule has 10 heteroatoms. The topological polar surface area (TPSA) is 87.6 Å². The first-order valence-corrected chi connectivity index (χ1v) is 14.5. The van der Waals surface area contributed by atoms with Crippen molar-refractivity contribution in [2.45, 2.75) is 25.7 Å². The fourth-order valence-corrected chi connectivity index (χ4v) is 4.56. The number of hydrogen-bond acceptors (Lipinski definition) is 7. The molecule has 0 aliphatic carbocycles. The smallest absolute Gasteiger partial charge is 0.339 e. The molecular weight excluding hydrogens is 676 g/mol. The molecule has 0 aliphatic rings. The quantitative estimate of drug-likeness (QED) is 0.132. The maximum absolute atomic E-state index is 11.8. The summed E-state index contributed by atoms with van der Waals surface area (Å²) in [7, 11) is 4.28. The van der Waals surface area contributed by atoms with Gasteiger partial charge in [0.05, 0.1) is 43.8 Å². The Labute approximate surface area is 261 Å². The molecule has 0 aliphatic heterocycles. The van der Waals surface area contributed by atoms with Crippen LogP contribution < -0.4 is 4.74 Å². The zero-order valence-electron chi connectivity index (χ0n) is 22.8. The van der Waals surface area contributed by atoms with E-state index in [1.54, 1.807) is 31.4 Å². The number of benzene rings is 2. The lowest BCUT2D eigenvalue weighted by atomic mass is 10.0. The molecule has 0 N–H and O–H groups in total. The molecule has 0 fully saturated rings. The highest BCUT2D eigenvalue weighted by Gasteiger charge is 2.15. The van der Waals surface area contributed by atoms with E-state index in [2.05, 4.69) is 41.8 Å². The van der Waals surface area contributed by atoms with Gasteiger partial charge in [0.15, 0.2) is 0 Å². The van der Waals surface area contributed by atoms with Crippen molar-refractivity contribution >= 4 is 55.4 Å². The Balaban J connectivity index is 0.000000226. The summed E-state index contributed by atoms with van der Waals surface area (Å²) in [5.41, 5.74) is 4.64. The molecular formula is C31H29Br2ClN2O5. The van der Waals surface area contributed by atoms with Crippen LogP contribution >= 0.6 is 43.5 Å². The number of aromatic nitrogens is 2. The molecule has 0 spiro atoms. The van der Waals surface area contributed by atoms with Gasteiger partial charge in [0.1, 0.15) is 5.15 Å². The van der Waals surface area contributed by atoms with Gasteiger partial charge in [-0.3, -0.25) is 0 Å². The summed E-state index contributed by atoms with van der Waals surface area (Å²) in [6.07, 6.45) is 2.85. The first-order chi connectivity index (χ1) is 19.7. The van der Waals surface area contributed by atoms with E-state index in [1.165, 1.54) is 25.3 Å². The predicted octanol–water partition coefficient (Wildman–Crippen LogP) is 7.49. The summed E-state index contributed by atoms with van der Waals surface area (Å²) in [5.74, 6) is -0.274. The van der Waals surface area contributed by atoms with Gasteiger partial charge < -0.3 is 14.2 Å². The number of aryl methyl sites for hydroxylation is 4. The molecule has 41 heavy (non-hydrogen) atoms. The van der Waals surface area contributed by atoms with E-state index < -0.39 is 0 Å². The van der Waals surface area contributed by atoms with Gasteiger partial charge in [-0.25, -0.2) is 19.6 Å². The number of pyridine rings is 2. The van der Waals surface area contributed by atoms with Gasteiger partial charge in [-0.2, -0.15) is 0 Å². The van der Waals surface area contributed by atoms with Gasteiger partial charge in [0, 0.05) is 15.0 Å². The average molecular weight is 705 g/mol. The van der Waals surface area contributed by atoms with Crippen LogP contribution in [0.5, 0.6) is 5.88 Å². The highest BCUT2D eigenvalue weighted by molar-refractivity contribution is 9.10. The summed E-state index contributed by atoms with van der Waals surface area (Å²) in [6.45, 7) is 0. The summed E-state index contributed by atoms with van der Waals surface area (Å²) in [6, 6.07) is 22.7. The van der Waals surface area contributed by atoms with Crippen LogP contribution in [-0.2, 0) is 35.2 Å². The Morgan fingerprint density at radius 1 is 0.634 bits per heavy atom. The average Bonchev–Trinajstić information content (AvgIpc) is 3.00. The Morgan fingerprint density at radius 3 is 1.51 bits per heavy atom. The van der Waals surface area contributed by atoms with Crippen molar-refractivity contribution in [1.29, 1.82) is 0 Å². The van der Waals surface area contributed by atoms with Crippen molar-refractivity contribution in [3.63, 3.8) is 0 Å². The van der Waals surface area contributed by atoms with E-state index in [0.29, 0.717) is 46.4 Å². The zero-order valence-corrected chi connectivity index (χ0v) is 26.8. The molecule has 0 unspecified atom stereocenters. The SMILES string of the molecule is COC(=O)c1ccc(Cl)nc1CCc1ccc(Br)cc1.COC(=O)c1ccc(OC)nc1CCc1ccc(Br)cc1. The Hall–Kier alpha value is -3.27. The van der Waals surface area contributed by atoms with Crippen LogP contribution in [0.1, 0.15) is 43.2 Å². The van der Waals surface area contributed by atoms with Crippen molar-refractivity contribution < 1.29 is 23.8 Å². The molecule has 0 bridgehead atoms. The van der Waals surface area contributed by atoms with Gasteiger partial charge >= 0.3 is 11.9 Å². The number of esters is 2.